The van der Waals surface area contributed by atoms with E-state index >= 15 is 0 Å². The molecule has 0 radical (unpaired) electrons. The fourth-order valence-corrected chi connectivity index (χ4v) is 2.27. The molecule has 0 spiro atoms. The van der Waals surface area contributed by atoms with Crippen LogP contribution in [0.25, 0.3) is 0 Å². The van der Waals surface area contributed by atoms with Crippen molar-refractivity contribution >= 4 is 5.97 Å². The first-order chi connectivity index (χ1) is 8.83. The third-order valence-corrected chi connectivity index (χ3v) is 3.30. The molecule has 0 atom stereocenters. The summed E-state index contributed by atoms with van der Waals surface area (Å²) in [5, 5.41) is 3.47. The molecule has 1 aliphatic carbocycles. The number of carbonyl (C=O) groups is 1. The monoisotopic (exact) mass is 253 g/mol. The molecule has 0 bridgehead atoms. The molecule has 1 aliphatic rings. The summed E-state index contributed by atoms with van der Waals surface area (Å²) in [6.45, 7) is 4.51. The van der Waals surface area contributed by atoms with Gasteiger partial charge in [-0.15, -0.1) is 0 Å². The number of esters is 1. The van der Waals surface area contributed by atoms with Gasteiger partial charge in [-0.2, -0.15) is 0 Å². The molecule has 104 valence electrons. The number of rotatable bonds is 10. The van der Waals surface area contributed by atoms with E-state index in [2.05, 4.69) is 11.4 Å². The van der Waals surface area contributed by atoms with Crippen molar-refractivity contribution in [3.05, 3.63) is 11.6 Å². The molecule has 0 amide bonds. The van der Waals surface area contributed by atoms with E-state index in [4.69, 9.17) is 4.74 Å². The normalized spacial score (nSPS) is 14.6. The van der Waals surface area contributed by atoms with Crippen LogP contribution in [-0.2, 0) is 9.53 Å². The van der Waals surface area contributed by atoms with Gasteiger partial charge in [-0.05, 0) is 58.5 Å². The van der Waals surface area contributed by atoms with Crippen molar-refractivity contribution in [2.45, 2.75) is 58.3 Å². The number of unbranched alkanes of at least 4 members (excludes halogenated alkanes) is 2. The minimum atomic E-state index is -0.0568. The molecular weight excluding hydrogens is 226 g/mol. The zero-order valence-corrected chi connectivity index (χ0v) is 11.7. The highest BCUT2D eigenvalue weighted by molar-refractivity contribution is 5.69. The van der Waals surface area contributed by atoms with Gasteiger partial charge in [0.2, 0.25) is 0 Å². The summed E-state index contributed by atoms with van der Waals surface area (Å²) in [7, 11) is 0. The second kappa shape index (κ2) is 10.1. The fourth-order valence-electron chi connectivity index (χ4n) is 2.27. The summed E-state index contributed by atoms with van der Waals surface area (Å²) < 4.78 is 4.88. The standard InChI is InChI=1S/C15H27NO2/c1-2-18-15(17)10-4-3-7-12-16-13-11-14-8-5-6-9-14/h8,16H,2-7,9-13H2,1H3. The maximum atomic E-state index is 11.1. The van der Waals surface area contributed by atoms with Crippen molar-refractivity contribution in [3.63, 3.8) is 0 Å². The number of hydrogen-bond donors (Lipinski definition) is 1. The molecule has 0 saturated heterocycles. The first kappa shape index (κ1) is 15.2. The lowest BCUT2D eigenvalue weighted by atomic mass is 10.1. The topological polar surface area (TPSA) is 38.3 Å². The molecule has 0 saturated carbocycles. The summed E-state index contributed by atoms with van der Waals surface area (Å²) in [6, 6.07) is 0. The summed E-state index contributed by atoms with van der Waals surface area (Å²) in [5.74, 6) is -0.0568. The molecule has 0 fully saturated rings. The van der Waals surface area contributed by atoms with Gasteiger partial charge >= 0.3 is 5.97 Å². The van der Waals surface area contributed by atoms with E-state index in [0.717, 1.165) is 32.4 Å². The molecule has 0 aromatic rings. The van der Waals surface area contributed by atoms with Gasteiger partial charge in [-0.25, -0.2) is 0 Å². The average molecular weight is 253 g/mol. The van der Waals surface area contributed by atoms with Gasteiger partial charge in [-0.3, -0.25) is 4.79 Å². The van der Waals surface area contributed by atoms with Crippen LogP contribution < -0.4 is 5.32 Å². The van der Waals surface area contributed by atoms with E-state index in [1.807, 2.05) is 6.92 Å². The second-order valence-electron chi connectivity index (χ2n) is 4.87. The first-order valence-electron chi connectivity index (χ1n) is 7.37. The summed E-state index contributed by atoms with van der Waals surface area (Å²) in [4.78, 5) is 11.1. The predicted molar refractivity (Wildman–Crippen MR) is 74.5 cm³/mol. The molecule has 0 aromatic carbocycles. The molecule has 18 heavy (non-hydrogen) atoms. The van der Waals surface area contributed by atoms with Gasteiger partial charge < -0.3 is 10.1 Å². The Labute approximate surface area is 111 Å². The largest absolute Gasteiger partial charge is 0.466 e. The molecule has 1 N–H and O–H groups in total. The Balaban J connectivity index is 1.79. The molecule has 3 nitrogen and oxygen atoms in total. The van der Waals surface area contributed by atoms with Crippen molar-refractivity contribution in [2.24, 2.45) is 0 Å². The van der Waals surface area contributed by atoms with Gasteiger partial charge in [0.1, 0.15) is 0 Å². The average Bonchev–Trinajstić information content (AvgIpc) is 2.86. The molecule has 0 unspecified atom stereocenters. The number of ether oxygens (including phenoxy) is 1. The summed E-state index contributed by atoms with van der Waals surface area (Å²) in [6.07, 6.45) is 11.3. The van der Waals surface area contributed by atoms with Crippen molar-refractivity contribution in [1.82, 2.24) is 5.32 Å². The van der Waals surface area contributed by atoms with Crippen LogP contribution in [0.3, 0.4) is 0 Å². The van der Waals surface area contributed by atoms with Gasteiger partial charge in [0.25, 0.3) is 0 Å². The van der Waals surface area contributed by atoms with Crippen LogP contribution in [0.5, 0.6) is 0 Å². The van der Waals surface area contributed by atoms with Crippen LogP contribution in [0.1, 0.15) is 58.3 Å². The van der Waals surface area contributed by atoms with Gasteiger partial charge in [0, 0.05) is 6.42 Å². The van der Waals surface area contributed by atoms with Crippen LogP contribution >= 0.6 is 0 Å². The number of carbonyl (C=O) groups excluding carboxylic acids is 1. The number of allylic oxidation sites excluding steroid dienone is 1. The van der Waals surface area contributed by atoms with E-state index in [0.29, 0.717) is 13.0 Å². The van der Waals surface area contributed by atoms with E-state index in [1.54, 1.807) is 5.57 Å². The zero-order valence-electron chi connectivity index (χ0n) is 11.7. The van der Waals surface area contributed by atoms with E-state index < -0.39 is 0 Å². The van der Waals surface area contributed by atoms with Crippen molar-refractivity contribution in [1.29, 1.82) is 0 Å². The maximum absolute atomic E-state index is 11.1. The SMILES string of the molecule is CCOC(=O)CCCCCNCCC1=CCCC1. The first-order valence-corrected chi connectivity index (χ1v) is 7.37. The number of hydrogen-bond acceptors (Lipinski definition) is 3. The Morgan fingerprint density at radius 1 is 1.33 bits per heavy atom. The van der Waals surface area contributed by atoms with Crippen molar-refractivity contribution in [2.75, 3.05) is 19.7 Å². The second-order valence-corrected chi connectivity index (χ2v) is 4.87. The molecule has 0 aromatic heterocycles. The predicted octanol–water partition coefficient (Wildman–Crippen LogP) is 3.20. The van der Waals surface area contributed by atoms with Crippen LogP contribution in [-0.4, -0.2) is 25.7 Å². The van der Waals surface area contributed by atoms with Gasteiger partial charge in [-0.1, -0.05) is 18.1 Å². The van der Waals surface area contributed by atoms with Crippen LogP contribution in [0.4, 0.5) is 0 Å². The van der Waals surface area contributed by atoms with E-state index in [-0.39, 0.29) is 5.97 Å². The third kappa shape index (κ3) is 7.49. The van der Waals surface area contributed by atoms with Crippen molar-refractivity contribution in [3.8, 4) is 0 Å². The van der Waals surface area contributed by atoms with Crippen LogP contribution in [0.2, 0.25) is 0 Å². The van der Waals surface area contributed by atoms with E-state index in [1.165, 1.54) is 25.7 Å². The smallest absolute Gasteiger partial charge is 0.305 e. The Bertz CT molecular complexity index is 261. The minimum absolute atomic E-state index is 0.0568. The molecule has 1 rings (SSSR count). The lowest BCUT2D eigenvalue weighted by Crippen LogP contribution is -2.17. The Morgan fingerprint density at radius 2 is 2.22 bits per heavy atom. The quantitative estimate of drug-likeness (QED) is 0.369. The van der Waals surface area contributed by atoms with Gasteiger partial charge in [0.15, 0.2) is 0 Å². The summed E-state index contributed by atoms with van der Waals surface area (Å²) >= 11 is 0. The number of nitrogens with one attached hydrogen (secondary N) is 1. The minimum Gasteiger partial charge on any atom is -0.466 e. The lowest BCUT2D eigenvalue weighted by molar-refractivity contribution is -0.143. The summed E-state index contributed by atoms with van der Waals surface area (Å²) in [5.41, 5.74) is 1.63. The van der Waals surface area contributed by atoms with Crippen molar-refractivity contribution < 1.29 is 9.53 Å². The molecule has 0 aliphatic heterocycles. The highest BCUT2D eigenvalue weighted by Gasteiger charge is 2.03. The Morgan fingerprint density at radius 3 is 2.94 bits per heavy atom. The molecular formula is C15H27NO2. The highest BCUT2D eigenvalue weighted by Crippen LogP contribution is 2.19. The van der Waals surface area contributed by atoms with Crippen LogP contribution in [0, 0.1) is 0 Å². The molecule has 0 heterocycles. The maximum Gasteiger partial charge on any atom is 0.305 e. The Kier molecular flexibility index (Phi) is 8.57. The highest BCUT2D eigenvalue weighted by atomic mass is 16.5. The fraction of sp³-hybridized carbons (Fsp3) is 0.800. The van der Waals surface area contributed by atoms with E-state index in [9.17, 15) is 4.79 Å². The lowest BCUT2D eigenvalue weighted by Gasteiger charge is -2.05. The van der Waals surface area contributed by atoms with Crippen LogP contribution in [0.15, 0.2) is 11.6 Å². The van der Waals surface area contributed by atoms with Gasteiger partial charge in [0.05, 0.1) is 6.61 Å². The Hall–Kier alpha value is -0.830. The zero-order chi connectivity index (χ0) is 13.1. The molecule has 3 heteroatoms. The third-order valence-electron chi connectivity index (χ3n) is 3.30.